The number of ether oxygens (including phenoxy) is 1. The van der Waals surface area contributed by atoms with Gasteiger partial charge in [0, 0.05) is 19.4 Å². The van der Waals surface area contributed by atoms with Gasteiger partial charge in [-0.15, -0.1) is 0 Å². The Bertz CT molecular complexity index is 1380. The number of rotatable bonds is 7. The average Bonchev–Trinajstić information content (AvgIpc) is 3.25. The van der Waals surface area contributed by atoms with Crippen molar-refractivity contribution in [2.45, 2.75) is 18.6 Å². The van der Waals surface area contributed by atoms with Crippen molar-refractivity contribution in [1.29, 1.82) is 0 Å². The van der Waals surface area contributed by atoms with E-state index in [1.807, 2.05) is 18.2 Å². The molecule has 1 amide bonds. The van der Waals surface area contributed by atoms with Gasteiger partial charge >= 0.3 is 0 Å². The number of hydrazone groups is 1. The average molecular weight is 493 g/mol. The Morgan fingerprint density at radius 3 is 2.46 bits per heavy atom. The smallest absolute Gasteiger partial charge is 0.297 e. The summed E-state index contributed by atoms with van der Waals surface area (Å²) in [4.78, 5) is 41.9. The second kappa shape index (κ2) is 10.0. The minimum Gasteiger partial charge on any atom is -0.550 e. The molecule has 2 heterocycles. The summed E-state index contributed by atoms with van der Waals surface area (Å²) in [5.74, 6) is -1.25. The van der Waals surface area contributed by atoms with Crippen molar-refractivity contribution in [1.82, 2.24) is 14.4 Å². The second-order valence-electron chi connectivity index (χ2n) is 7.65. The Kier molecular flexibility index (Phi) is 6.87. The number of para-hydroxylation sites is 1. The number of thioether (sulfide) groups is 1. The largest absolute Gasteiger partial charge is 0.550 e. The molecular formula is C24H22N5O5S-. The van der Waals surface area contributed by atoms with E-state index in [0.29, 0.717) is 22.7 Å². The molecule has 1 aliphatic rings. The zero-order valence-corrected chi connectivity index (χ0v) is 20.1. The molecule has 0 N–H and O–H groups in total. The molecule has 35 heavy (non-hydrogen) atoms. The maximum absolute atomic E-state index is 13.3. The van der Waals surface area contributed by atoms with Crippen molar-refractivity contribution < 1.29 is 19.4 Å². The third kappa shape index (κ3) is 4.90. The predicted molar refractivity (Wildman–Crippen MR) is 131 cm³/mol. The molecule has 0 saturated carbocycles. The number of amides is 1. The van der Waals surface area contributed by atoms with E-state index in [9.17, 15) is 19.5 Å². The van der Waals surface area contributed by atoms with Crippen LogP contribution in [0.4, 0.5) is 5.69 Å². The maximum Gasteiger partial charge on any atom is 0.297 e. The summed E-state index contributed by atoms with van der Waals surface area (Å²) in [7, 11) is 3.29. The molecule has 1 atom stereocenters. The first-order valence-electron chi connectivity index (χ1n) is 10.6. The topological polar surface area (TPSA) is 121 Å². The van der Waals surface area contributed by atoms with Crippen molar-refractivity contribution in [2.75, 3.05) is 7.11 Å². The fourth-order valence-electron chi connectivity index (χ4n) is 3.51. The molecule has 1 saturated heterocycles. The van der Waals surface area contributed by atoms with Crippen LogP contribution < -0.4 is 15.4 Å². The SMILES string of the molecule is COc1ccc(/C=N\N2C(=O)[C@@H](CC(=O)[O-])SC2=Nc2c(C)n(C)n(-c3ccccc3)c2=O)cc1. The van der Waals surface area contributed by atoms with Gasteiger partial charge in [-0.1, -0.05) is 30.0 Å². The van der Waals surface area contributed by atoms with Gasteiger partial charge in [0.1, 0.15) is 5.75 Å². The van der Waals surface area contributed by atoms with Crippen LogP contribution in [0.15, 0.2) is 69.5 Å². The molecule has 10 nitrogen and oxygen atoms in total. The fourth-order valence-corrected chi connectivity index (χ4v) is 4.57. The number of amidine groups is 1. The van der Waals surface area contributed by atoms with Crippen molar-refractivity contribution in [2.24, 2.45) is 17.1 Å². The summed E-state index contributed by atoms with van der Waals surface area (Å²) in [6.07, 6.45) is 0.952. The highest BCUT2D eigenvalue weighted by molar-refractivity contribution is 8.15. The van der Waals surface area contributed by atoms with Gasteiger partial charge < -0.3 is 14.6 Å². The Balaban J connectivity index is 1.74. The molecule has 1 aliphatic heterocycles. The van der Waals surface area contributed by atoms with Crippen LogP contribution in [0.25, 0.3) is 5.69 Å². The van der Waals surface area contributed by atoms with E-state index in [1.54, 1.807) is 62.2 Å². The number of methoxy groups -OCH3 is 1. The van der Waals surface area contributed by atoms with E-state index in [1.165, 1.54) is 10.9 Å². The highest BCUT2D eigenvalue weighted by atomic mass is 32.2. The summed E-state index contributed by atoms with van der Waals surface area (Å²) in [6, 6.07) is 16.1. The van der Waals surface area contributed by atoms with E-state index >= 15 is 0 Å². The van der Waals surface area contributed by atoms with E-state index in [0.717, 1.165) is 16.8 Å². The molecule has 0 spiro atoms. The Morgan fingerprint density at radius 1 is 1.14 bits per heavy atom. The van der Waals surface area contributed by atoms with E-state index in [-0.39, 0.29) is 16.4 Å². The van der Waals surface area contributed by atoms with Crippen LogP contribution in [0, 0.1) is 6.92 Å². The molecule has 0 bridgehead atoms. The molecule has 3 aromatic rings. The van der Waals surface area contributed by atoms with Crippen molar-refractivity contribution in [3.63, 3.8) is 0 Å². The number of nitrogens with zero attached hydrogens (tertiary/aromatic N) is 5. The third-order valence-corrected chi connectivity index (χ3v) is 6.56. The first-order valence-corrected chi connectivity index (χ1v) is 11.5. The summed E-state index contributed by atoms with van der Waals surface area (Å²) in [5, 5.41) is 15.6. The van der Waals surface area contributed by atoms with Crippen LogP contribution in [-0.2, 0) is 16.6 Å². The van der Waals surface area contributed by atoms with Gasteiger partial charge in [-0.3, -0.25) is 14.3 Å². The van der Waals surface area contributed by atoms with Crippen LogP contribution >= 0.6 is 11.8 Å². The number of aliphatic carboxylic acids is 1. The van der Waals surface area contributed by atoms with Crippen LogP contribution in [0.1, 0.15) is 17.7 Å². The Morgan fingerprint density at radius 2 is 1.83 bits per heavy atom. The van der Waals surface area contributed by atoms with Crippen LogP contribution in [0.2, 0.25) is 0 Å². The van der Waals surface area contributed by atoms with E-state index < -0.39 is 23.5 Å². The predicted octanol–water partition coefficient (Wildman–Crippen LogP) is 1.60. The number of benzene rings is 2. The maximum atomic E-state index is 13.3. The molecular weight excluding hydrogens is 470 g/mol. The lowest BCUT2D eigenvalue weighted by Crippen LogP contribution is -2.32. The van der Waals surface area contributed by atoms with Gasteiger partial charge in [0.2, 0.25) is 0 Å². The second-order valence-corrected chi connectivity index (χ2v) is 8.82. The zero-order valence-electron chi connectivity index (χ0n) is 19.2. The molecule has 0 radical (unpaired) electrons. The summed E-state index contributed by atoms with van der Waals surface area (Å²) in [5.41, 5.74) is 1.67. The molecule has 0 aliphatic carbocycles. The molecule has 0 unspecified atom stereocenters. The van der Waals surface area contributed by atoms with Crippen LogP contribution in [-0.4, -0.2) is 50.0 Å². The standard InChI is InChI=1S/C24H23N5O5S/c1-15-21(23(33)29(27(15)2)17-7-5-4-6-8-17)26-24-28(22(32)19(35-24)13-20(30)31)25-14-16-9-11-18(34-3)12-10-16/h4-12,14,19H,13H2,1-3H3,(H,30,31)/p-1/b25-14-,26-24?/t19-/m1/s1. The van der Waals surface area contributed by atoms with Gasteiger partial charge in [-0.25, -0.2) is 9.67 Å². The lowest BCUT2D eigenvalue weighted by molar-refractivity contribution is -0.305. The number of carboxylic acids is 1. The van der Waals surface area contributed by atoms with Gasteiger partial charge in [-0.05, 0) is 48.9 Å². The van der Waals surface area contributed by atoms with Gasteiger partial charge in [-0.2, -0.15) is 10.1 Å². The number of hydrogen-bond donors (Lipinski definition) is 0. The summed E-state index contributed by atoms with van der Waals surface area (Å²) < 4.78 is 8.28. The van der Waals surface area contributed by atoms with E-state index in [4.69, 9.17) is 4.74 Å². The summed E-state index contributed by atoms with van der Waals surface area (Å²) in [6.45, 7) is 1.74. The molecule has 2 aromatic carbocycles. The molecule has 1 aromatic heterocycles. The van der Waals surface area contributed by atoms with Crippen LogP contribution in [0.5, 0.6) is 5.75 Å². The Labute approximate surface area is 205 Å². The van der Waals surface area contributed by atoms with Gasteiger partial charge in [0.25, 0.3) is 11.5 Å². The number of aromatic nitrogens is 2. The number of carbonyl (C=O) groups is 2. The van der Waals surface area contributed by atoms with Crippen molar-refractivity contribution in [3.05, 3.63) is 76.2 Å². The lowest BCUT2D eigenvalue weighted by atomic mass is 10.2. The minimum atomic E-state index is -1.36. The van der Waals surface area contributed by atoms with Crippen molar-refractivity contribution >= 4 is 40.7 Å². The van der Waals surface area contributed by atoms with E-state index in [2.05, 4.69) is 10.1 Å². The number of hydrogen-bond acceptors (Lipinski definition) is 8. The molecule has 4 rings (SSSR count). The normalized spacial score (nSPS) is 17.0. The quantitative estimate of drug-likeness (QED) is 0.462. The van der Waals surface area contributed by atoms with Crippen LogP contribution in [0.3, 0.4) is 0 Å². The Hall–Kier alpha value is -4.12. The number of aliphatic imine (C=N–C) groups is 1. The van der Waals surface area contributed by atoms with Gasteiger partial charge in [0.05, 0.1) is 30.0 Å². The summed E-state index contributed by atoms with van der Waals surface area (Å²) >= 11 is 0.934. The monoisotopic (exact) mass is 492 g/mol. The zero-order chi connectivity index (χ0) is 25.1. The highest BCUT2D eigenvalue weighted by Crippen LogP contribution is 2.32. The molecule has 1 fully saturated rings. The lowest BCUT2D eigenvalue weighted by Gasteiger charge is -2.10. The van der Waals surface area contributed by atoms with Crippen molar-refractivity contribution in [3.8, 4) is 11.4 Å². The molecule has 11 heteroatoms. The third-order valence-electron chi connectivity index (χ3n) is 5.43. The first-order chi connectivity index (χ1) is 16.8. The highest BCUT2D eigenvalue weighted by Gasteiger charge is 2.39. The fraction of sp³-hybridized carbons (Fsp3) is 0.208. The molecule has 180 valence electrons. The number of carbonyl (C=O) groups excluding carboxylic acids is 2. The van der Waals surface area contributed by atoms with Gasteiger partial charge in [0.15, 0.2) is 10.9 Å². The number of carboxylic acid groups (broad SMARTS) is 1. The first kappa shape index (κ1) is 24.0. The minimum absolute atomic E-state index is 0.108.